The number of hydrogen-bond donors (Lipinski definition) is 0. The Labute approximate surface area is 157 Å². The maximum absolute atomic E-state index is 5.72. The summed E-state index contributed by atoms with van der Waals surface area (Å²) in [5.41, 5.74) is 0. The van der Waals surface area contributed by atoms with Gasteiger partial charge in [-0.3, -0.25) is 0 Å². The quantitative estimate of drug-likeness (QED) is 0.307. The van der Waals surface area contributed by atoms with Gasteiger partial charge in [0.1, 0.15) is 0 Å². The number of unbranched alkanes of at least 4 members (excludes halogenated alkanes) is 3. The molecule has 0 aliphatic heterocycles. The molecular weight excluding hydrogens is 255 g/mol. The van der Waals surface area contributed by atoms with Crippen LogP contribution >= 0.6 is 0 Å². The van der Waals surface area contributed by atoms with Gasteiger partial charge in [0.25, 0.3) is 5.97 Å². The molecule has 4 heteroatoms. The molecular formula is C14H31KO3. The van der Waals surface area contributed by atoms with Crippen LogP contribution in [0.4, 0.5) is 0 Å². The Hall–Kier alpha value is 1.52. The maximum atomic E-state index is 5.72. The van der Waals surface area contributed by atoms with Crippen molar-refractivity contribution in [3.8, 4) is 0 Å². The molecule has 0 bridgehead atoms. The molecule has 0 aliphatic rings. The first-order valence-electron chi connectivity index (χ1n) is 7.10. The molecule has 0 N–H and O–H groups in total. The maximum Gasteiger partial charge on any atom is 1.00 e. The molecule has 0 rings (SSSR count). The summed E-state index contributed by atoms with van der Waals surface area (Å²) in [4.78, 5) is 0. The van der Waals surface area contributed by atoms with Crippen molar-refractivity contribution in [2.24, 2.45) is 0 Å². The Morgan fingerprint density at radius 3 is 1.22 bits per heavy atom. The largest absolute Gasteiger partial charge is 1.00 e. The summed E-state index contributed by atoms with van der Waals surface area (Å²) < 4.78 is 17.2. The molecule has 0 unspecified atom stereocenters. The molecule has 0 saturated heterocycles. The van der Waals surface area contributed by atoms with E-state index in [-0.39, 0.29) is 52.8 Å². The molecule has 0 saturated carbocycles. The minimum atomic E-state index is -0.848. The van der Waals surface area contributed by atoms with Gasteiger partial charge in [-0.1, -0.05) is 40.0 Å². The zero-order valence-electron chi connectivity index (χ0n) is 14.1. The number of hydrogen-bond acceptors (Lipinski definition) is 3. The summed E-state index contributed by atoms with van der Waals surface area (Å²) >= 11 is 0. The third-order valence-electron chi connectivity index (χ3n) is 2.59. The summed E-state index contributed by atoms with van der Waals surface area (Å²) in [7, 11) is 0. The molecule has 106 valence electrons. The van der Waals surface area contributed by atoms with Crippen molar-refractivity contribution in [3.05, 3.63) is 0 Å². The summed E-state index contributed by atoms with van der Waals surface area (Å²) in [6, 6.07) is 0. The Bertz CT molecular complexity index is 144. The van der Waals surface area contributed by atoms with Gasteiger partial charge >= 0.3 is 51.4 Å². The zero-order valence-corrected chi connectivity index (χ0v) is 16.2. The average Bonchev–Trinajstić information content (AvgIpc) is 2.30. The number of rotatable bonds is 12. The Balaban J connectivity index is -0.00000128. The third-order valence-corrected chi connectivity index (χ3v) is 2.59. The van der Waals surface area contributed by atoms with E-state index in [4.69, 9.17) is 14.2 Å². The fourth-order valence-corrected chi connectivity index (χ4v) is 1.33. The van der Waals surface area contributed by atoms with E-state index in [1.54, 1.807) is 0 Å². The molecule has 0 heterocycles. The monoisotopic (exact) mass is 286 g/mol. The van der Waals surface area contributed by atoms with E-state index in [0.29, 0.717) is 19.8 Å². The first-order chi connectivity index (χ1) is 8.18. The molecule has 0 atom stereocenters. The predicted octanol–water partition coefficient (Wildman–Crippen LogP) is 1.23. The SMILES string of the molecule is CCCCOC(C)(OCCCC)OCCCC.[H-].[K+]. The normalized spacial score (nSPS) is 11.3. The van der Waals surface area contributed by atoms with Crippen LogP contribution in [0.2, 0.25) is 0 Å². The summed E-state index contributed by atoms with van der Waals surface area (Å²) in [6.07, 6.45) is 6.51. The second kappa shape index (κ2) is 14.9. The van der Waals surface area contributed by atoms with E-state index in [0.717, 1.165) is 38.5 Å². The van der Waals surface area contributed by atoms with Gasteiger partial charge in [0.15, 0.2) is 0 Å². The third kappa shape index (κ3) is 12.5. The standard InChI is InChI=1S/C14H30O3.K.H/c1-5-8-11-15-14(4,16-12-9-6-2)17-13-10-7-3;;/h5-13H2,1-4H3;;/q;+1;-1. The van der Waals surface area contributed by atoms with Gasteiger partial charge in [-0.15, -0.1) is 0 Å². The Morgan fingerprint density at radius 2 is 1.00 bits per heavy atom. The minimum absolute atomic E-state index is 0. The molecule has 0 aromatic rings. The van der Waals surface area contributed by atoms with Crippen molar-refractivity contribution in [1.29, 1.82) is 0 Å². The second-order valence-electron chi connectivity index (χ2n) is 4.47. The second-order valence-corrected chi connectivity index (χ2v) is 4.47. The molecule has 0 aromatic carbocycles. The van der Waals surface area contributed by atoms with Gasteiger partial charge < -0.3 is 15.6 Å². The topological polar surface area (TPSA) is 27.7 Å². The fraction of sp³-hybridized carbons (Fsp3) is 1.00. The van der Waals surface area contributed by atoms with E-state index >= 15 is 0 Å². The van der Waals surface area contributed by atoms with Gasteiger partial charge in [-0.05, 0) is 19.3 Å². The van der Waals surface area contributed by atoms with Crippen LogP contribution < -0.4 is 51.4 Å². The Morgan fingerprint density at radius 1 is 0.722 bits per heavy atom. The molecule has 0 fully saturated rings. The van der Waals surface area contributed by atoms with Crippen LogP contribution in [0.5, 0.6) is 0 Å². The molecule has 0 aliphatic carbocycles. The molecule has 18 heavy (non-hydrogen) atoms. The average molecular weight is 286 g/mol. The van der Waals surface area contributed by atoms with Crippen molar-refractivity contribution in [2.75, 3.05) is 19.8 Å². The predicted molar refractivity (Wildman–Crippen MR) is 72.1 cm³/mol. The van der Waals surface area contributed by atoms with Crippen molar-refractivity contribution in [2.45, 2.75) is 72.2 Å². The fourth-order valence-electron chi connectivity index (χ4n) is 1.33. The van der Waals surface area contributed by atoms with E-state index in [1.165, 1.54) is 0 Å². The van der Waals surface area contributed by atoms with Gasteiger partial charge in [0, 0.05) is 6.92 Å². The molecule has 0 spiro atoms. The van der Waals surface area contributed by atoms with Gasteiger partial charge in [-0.25, -0.2) is 0 Å². The van der Waals surface area contributed by atoms with Crippen LogP contribution in [0, 0.1) is 0 Å². The van der Waals surface area contributed by atoms with Crippen LogP contribution in [-0.2, 0) is 14.2 Å². The van der Waals surface area contributed by atoms with Crippen molar-refractivity contribution in [1.82, 2.24) is 0 Å². The van der Waals surface area contributed by atoms with E-state index < -0.39 is 5.97 Å². The van der Waals surface area contributed by atoms with Crippen LogP contribution in [0.25, 0.3) is 0 Å². The Kier molecular flexibility index (Phi) is 18.1. The van der Waals surface area contributed by atoms with Gasteiger partial charge in [0.2, 0.25) is 0 Å². The first-order valence-corrected chi connectivity index (χ1v) is 7.10. The van der Waals surface area contributed by atoms with Gasteiger partial charge in [-0.2, -0.15) is 0 Å². The number of ether oxygens (including phenoxy) is 3. The smallest absolute Gasteiger partial charge is 1.00 e. The van der Waals surface area contributed by atoms with Crippen molar-refractivity contribution < 1.29 is 67.0 Å². The molecule has 0 aromatic heterocycles. The molecule has 0 amide bonds. The molecule has 0 radical (unpaired) electrons. The van der Waals surface area contributed by atoms with Crippen LogP contribution in [-0.4, -0.2) is 25.8 Å². The summed E-state index contributed by atoms with van der Waals surface area (Å²) in [5, 5.41) is 0. The van der Waals surface area contributed by atoms with E-state index in [1.807, 2.05) is 6.92 Å². The van der Waals surface area contributed by atoms with Crippen LogP contribution in [0.15, 0.2) is 0 Å². The van der Waals surface area contributed by atoms with Crippen molar-refractivity contribution in [3.63, 3.8) is 0 Å². The minimum Gasteiger partial charge on any atom is -1.00 e. The van der Waals surface area contributed by atoms with Crippen molar-refractivity contribution >= 4 is 0 Å². The molecule has 3 nitrogen and oxygen atoms in total. The summed E-state index contributed by atoms with van der Waals surface area (Å²) in [6.45, 7) is 10.4. The summed E-state index contributed by atoms with van der Waals surface area (Å²) in [5.74, 6) is -0.848. The van der Waals surface area contributed by atoms with Gasteiger partial charge in [0.05, 0.1) is 19.8 Å². The van der Waals surface area contributed by atoms with Crippen LogP contribution in [0.1, 0.15) is 67.6 Å². The van der Waals surface area contributed by atoms with E-state index in [9.17, 15) is 0 Å². The first kappa shape index (κ1) is 21.8. The zero-order chi connectivity index (χ0) is 13.0. The van der Waals surface area contributed by atoms with E-state index in [2.05, 4.69) is 20.8 Å². The van der Waals surface area contributed by atoms with Crippen LogP contribution in [0.3, 0.4) is 0 Å².